The fourth-order valence-corrected chi connectivity index (χ4v) is 1.44. The second-order valence-electron chi connectivity index (χ2n) is 2.97. The molecule has 0 fully saturated rings. The SMILES string of the molecule is Cc1cc(CCNCBr)ccc1F. The van der Waals surface area contributed by atoms with E-state index < -0.39 is 0 Å². The second kappa shape index (κ2) is 5.35. The number of alkyl halides is 1. The lowest BCUT2D eigenvalue weighted by Gasteiger charge is -2.03. The van der Waals surface area contributed by atoms with E-state index in [4.69, 9.17) is 0 Å². The van der Waals surface area contributed by atoms with Crippen LogP contribution >= 0.6 is 15.9 Å². The number of nitrogens with one attached hydrogen (secondary N) is 1. The molecule has 0 heterocycles. The summed E-state index contributed by atoms with van der Waals surface area (Å²) in [6.07, 6.45) is 0.937. The Morgan fingerprint density at radius 2 is 2.23 bits per heavy atom. The highest BCUT2D eigenvalue weighted by Crippen LogP contribution is 2.09. The number of halogens is 2. The third-order valence-electron chi connectivity index (χ3n) is 1.91. The van der Waals surface area contributed by atoms with Gasteiger partial charge in [-0.15, -0.1) is 0 Å². The van der Waals surface area contributed by atoms with Crippen LogP contribution < -0.4 is 5.32 Å². The lowest BCUT2D eigenvalue weighted by molar-refractivity contribution is 0.617. The Morgan fingerprint density at radius 3 is 2.85 bits per heavy atom. The van der Waals surface area contributed by atoms with Crippen LogP contribution in [0.3, 0.4) is 0 Å². The molecule has 0 atom stereocenters. The van der Waals surface area contributed by atoms with E-state index >= 15 is 0 Å². The minimum Gasteiger partial charge on any atom is -0.307 e. The topological polar surface area (TPSA) is 12.0 Å². The van der Waals surface area contributed by atoms with Crippen LogP contribution in [0, 0.1) is 12.7 Å². The summed E-state index contributed by atoms with van der Waals surface area (Å²) < 4.78 is 12.9. The lowest BCUT2D eigenvalue weighted by Crippen LogP contribution is -2.14. The molecule has 0 aromatic heterocycles. The standard InChI is InChI=1S/C10H13BrFN/c1-8-6-9(2-3-10(8)12)4-5-13-7-11/h2-3,6,13H,4-5,7H2,1H3. The van der Waals surface area contributed by atoms with E-state index in [2.05, 4.69) is 21.2 Å². The van der Waals surface area contributed by atoms with Gasteiger partial charge in [0, 0.05) is 0 Å². The number of aryl methyl sites for hydroxylation is 1. The van der Waals surface area contributed by atoms with Crippen LogP contribution in [-0.4, -0.2) is 12.0 Å². The van der Waals surface area contributed by atoms with Crippen LogP contribution in [-0.2, 0) is 6.42 Å². The molecule has 1 nitrogen and oxygen atoms in total. The van der Waals surface area contributed by atoms with Gasteiger partial charge in [0.25, 0.3) is 0 Å². The molecule has 0 saturated heterocycles. The summed E-state index contributed by atoms with van der Waals surface area (Å²) in [5, 5.41) is 3.15. The predicted molar refractivity (Wildman–Crippen MR) is 56.6 cm³/mol. The van der Waals surface area contributed by atoms with Gasteiger partial charge in [0.05, 0.1) is 5.45 Å². The molecule has 0 amide bonds. The maximum Gasteiger partial charge on any atom is 0.126 e. The van der Waals surface area contributed by atoms with Crippen LogP contribution in [0.1, 0.15) is 11.1 Å². The lowest BCUT2D eigenvalue weighted by atomic mass is 10.1. The Balaban J connectivity index is 2.53. The summed E-state index contributed by atoms with van der Waals surface area (Å²) in [5.74, 6) is -0.128. The molecule has 72 valence electrons. The second-order valence-corrected chi connectivity index (χ2v) is 3.53. The first kappa shape index (κ1) is 10.7. The van der Waals surface area contributed by atoms with Crippen molar-refractivity contribution in [3.8, 4) is 0 Å². The molecular formula is C10H13BrFN. The van der Waals surface area contributed by atoms with Crippen molar-refractivity contribution in [2.75, 3.05) is 12.0 Å². The smallest absolute Gasteiger partial charge is 0.126 e. The van der Waals surface area contributed by atoms with Gasteiger partial charge in [0.1, 0.15) is 5.82 Å². The van der Waals surface area contributed by atoms with Crippen molar-refractivity contribution in [3.63, 3.8) is 0 Å². The predicted octanol–water partition coefficient (Wildman–Crippen LogP) is 2.62. The van der Waals surface area contributed by atoms with Crippen molar-refractivity contribution >= 4 is 15.9 Å². The van der Waals surface area contributed by atoms with Gasteiger partial charge in [-0.05, 0) is 37.1 Å². The molecule has 0 aliphatic carbocycles. The molecule has 0 spiro atoms. The van der Waals surface area contributed by atoms with E-state index in [1.165, 1.54) is 11.6 Å². The van der Waals surface area contributed by atoms with Crippen molar-refractivity contribution in [1.82, 2.24) is 5.32 Å². The largest absolute Gasteiger partial charge is 0.307 e. The van der Waals surface area contributed by atoms with Gasteiger partial charge in [-0.3, -0.25) is 0 Å². The Labute approximate surface area is 86.5 Å². The number of rotatable bonds is 4. The third kappa shape index (κ3) is 3.44. The fraction of sp³-hybridized carbons (Fsp3) is 0.400. The van der Waals surface area contributed by atoms with Crippen LogP contribution in [0.5, 0.6) is 0 Å². The Morgan fingerprint density at radius 1 is 1.46 bits per heavy atom. The molecule has 13 heavy (non-hydrogen) atoms. The van der Waals surface area contributed by atoms with Gasteiger partial charge in [-0.2, -0.15) is 0 Å². The molecule has 0 bridgehead atoms. The Bertz CT molecular complexity index is 276. The summed E-state index contributed by atoms with van der Waals surface area (Å²) in [6, 6.07) is 5.25. The van der Waals surface area contributed by atoms with E-state index in [0.717, 1.165) is 24.0 Å². The van der Waals surface area contributed by atoms with E-state index in [9.17, 15) is 4.39 Å². The van der Waals surface area contributed by atoms with Gasteiger partial charge in [0.2, 0.25) is 0 Å². The average Bonchev–Trinajstić information content (AvgIpc) is 2.12. The van der Waals surface area contributed by atoms with Crippen molar-refractivity contribution in [1.29, 1.82) is 0 Å². The van der Waals surface area contributed by atoms with E-state index in [0.29, 0.717) is 0 Å². The molecule has 1 aromatic carbocycles. The highest BCUT2D eigenvalue weighted by molar-refractivity contribution is 9.09. The zero-order valence-corrected chi connectivity index (χ0v) is 9.20. The average molecular weight is 246 g/mol. The molecule has 1 rings (SSSR count). The van der Waals surface area contributed by atoms with Crippen LogP contribution in [0.25, 0.3) is 0 Å². The summed E-state index contributed by atoms with van der Waals surface area (Å²) >= 11 is 3.28. The summed E-state index contributed by atoms with van der Waals surface area (Å²) in [6.45, 7) is 2.70. The Kier molecular flexibility index (Phi) is 4.39. The quantitative estimate of drug-likeness (QED) is 0.489. The number of hydrogen-bond donors (Lipinski definition) is 1. The third-order valence-corrected chi connectivity index (χ3v) is 2.30. The highest BCUT2D eigenvalue weighted by Gasteiger charge is 1.98. The fourth-order valence-electron chi connectivity index (χ4n) is 1.16. The van der Waals surface area contributed by atoms with E-state index in [-0.39, 0.29) is 5.82 Å². The molecule has 1 N–H and O–H groups in total. The maximum atomic E-state index is 12.9. The van der Waals surface area contributed by atoms with Gasteiger partial charge in [0.15, 0.2) is 0 Å². The first-order valence-corrected chi connectivity index (χ1v) is 5.38. The van der Waals surface area contributed by atoms with Crippen LogP contribution in [0.15, 0.2) is 18.2 Å². The van der Waals surface area contributed by atoms with E-state index in [1.807, 2.05) is 12.1 Å². The van der Waals surface area contributed by atoms with Crippen LogP contribution in [0.2, 0.25) is 0 Å². The zero-order chi connectivity index (χ0) is 9.68. The van der Waals surface area contributed by atoms with Gasteiger partial charge in [-0.25, -0.2) is 4.39 Å². The molecule has 0 aliphatic rings. The molecule has 1 aromatic rings. The molecule has 0 unspecified atom stereocenters. The molecule has 3 heteroatoms. The van der Waals surface area contributed by atoms with Crippen molar-refractivity contribution in [2.45, 2.75) is 13.3 Å². The van der Waals surface area contributed by atoms with Gasteiger partial charge < -0.3 is 5.32 Å². The number of hydrogen-bond acceptors (Lipinski definition) is 1. The first-order chi connectivity index (χ1) is 6.24. The normalized spacial score (nSPS) is 10.4. The zero-order valence-electron chi connectivity index (χ0n) is 7.61. The maximum absolute atomic E-state index is 12.9. The van der Waals surface area contributed by atoms with E-state index in [1.54, 1.807) is 6.92 Å². The van der Waals surface area contributed by atoms with Crippen molar-refractivity contribution in [2.24, 2.45) is 0 Å². The van der Waals surface area contributed by atoms with Gasteiger partial charge in [-0.1, -0.05) is 28.1 Å². The minimum absolute atomic E-state index is 0.128. The van der Waals surface area contributed by atoms with Crippen molar-refractivity contribution in [3.05, 3.63) is 35.1 Å². The first-order valence-electron chi connectivity index (χ1n) is 4.25. The minimum atomic E-state index is -0.128. The molecule has 0 saturated carbocycles. The summed E-state index contributed by atoms with van der Waals surface area (Å²) in [7, 11) is 0. The highest BCUT2D eigenvalue weighted by atomic mass is 79.9. The molecule has 0 radical (unpaired) electrons. The van der Waals surface area contributed by atoms with Crippen LogP contribution in [0.4, 0.5) is 4.39 Å². The Hall–Kier alpha value is -0.410. The van der Waals surface area contributed by atoms with Crippen molar-refractivity contribution < 1.29 is 4.39 Å². The number of benzene rings is 1. The molecular weight excluding hydrogens is 233 g/mol. The monoisotopic (exact) mass is 245 g/mol. The summed E-state index contributed by atoms with van der Waals surface area (Å²) in [5.41, 5.74) is 2.69. The summed E-state index contributed by atoms with van der Waals surface area (Å²) in [4.78, 5) is 0. The van der Waals surface area contributed by atoms with Gasteiger partial charge >= 0.3 is 0 Å². The molecule has 0 aliphatic heterocycles.